The molecule has 1 atom stereocenters. The molecular weight excluding hydrogens is 262 g/mol. The SMILES string of the molecule is CCCCCCCCCCC(N)C(=O)c1ccc(O)cc1. The number of benzene rings is 1. The van der Waals surface area contributed by atoms with E-state index in [9.17, 15) is 9.90 Å². The largest absolute Gasteiger partial charge is 0.508 e. The molecule has 0 amide bonds. The highest BCUT2D eigenvalue weighted by molar-refractivity contribution is 6.00. The minimum atomic E-state index is -0.422. The second kappa shape index (κ2) is 10.4. The van der Waals surface area contributed by atoms with Gasteiger partial charge in [0.25, 0.3) is 0 Å². The Labute approximate surface area is 128 Å². The molecule has 3 N–H and O–H groups in total. The molecule has 0 fully saturated rings. The number of carbonyl (C=O) groups is 1. The number of unbranched alkanes of at least 4 members (excludes halogenated alkanes) is 7. The van der Waals surface area contributed by atoms with Gasteiger partial charge in [-0.05, 0) is 30.7 Å². The predicted molar refractivity (Wildman–Crippen MR) is 87.6 cm³/mol. The zero-order valence-electron chi connectivity index (χ0n) is 13.2. The third-order valence-corrected chi connectivity index (χ3v) is 3.86. The Kier molecular flexibility index (Phi) is 8.76. The van der Waals surface area contributed by atoms with Crippen molar-refractivity contribution < 1.29 is 9.90 Å². The summed E-state index contributed by atoms with van der Waals surface area (Å²) in [6.07, 6.45) is 10.7. The van der Waals surface area contributed by atoms with Crippen molar-refractivity contribution in [2.45, 2.75) is 70.8 Å². The van der Waals surface area contributed by atoms with Gasteiger partial charge < -0.3 is 10.8 Å². The number of Topliss-reactive ketones (excluding diaryl/α,β-unsaturated/α-hetero) is 1. The fourth-order valence-corrected chi connectivity index (χ4v) is 2.47. The molecule has 1 rings (SSSR count). The summed E-state index contributed by atoms with van der Waals surface area (Å²) in [6, 6.07) is 5.89. The molecule has 3 nitrogen and oxygen atoms in total. The molecule has 0 heterocycles. The fraction of sp³-hybridized carbons (Fsp3) is 0.611. The molecule has 0 saturated carbocycles. The van der Waals surface area contributed by atoms with Crippen molar-refractivity contribution in [3.05, 3.63) is 29.8 Å². The number of carbonyl (C=O) groups excluding carboxylic acids is 1. The third kappa shape index (κ3) is 7.28. The summed E-state index contributed by atoms with van der Waals surface area (Å²) < 4.78 is 0. The van der Waals surface area contributed by atoms with Crippen LogP contribution in [0.5, 0.6) is 5.75 Å². The molecule has 0 radical (unpaired) electrons. The lowest BCUT2D eigenvalue weighted by Gasteiger charge is -2.10. The first kappa shape index (κ1) is 17.7. The molecule has 1 aromatic rings. The van der Waals surface area contributed by atoms with Crippen LogP contribution >= 0.6 is 0 Å². The van der Waals surface area contributed by atoms with Gasteiger partial charge >= 0.3 is 0 Å². The van der Waals surface area contributed by atoms with Crippen LogP contribution < -0.4 is 5.73 Å². The topological polar surface area (TPSA) is 63.3 Å². The van der Waals surface area contributed by atoms with Gasteiger partial charge in [-0.15, -0.1) is 0 Å². The summed E-state index contributed by atoms with van der Waals surface area (Å²) in [4.78, 5) is 12.1. The van der Waals surface area contributed by atoms with Crippen molar-refractivity contribution in [1.29, 1.82) is 0 Å². The number of hydrogen-bond donors (Lipinski definition) is 2. The molecule has 118 valence electrons. The number of ketones is 1. The van der Waals surface area contributed by atoms with Gasteiger partial charge in [-0.1, -0.05) is 58.3 Å². The van der Waals surface area contributed by atoms with Crippen LogP contribution in [0.15, 0.2) is 24.3 Å². The summed E-state index contributed by atoms with van der Waals surface area (Å²) in [5, 5.41) is 9.21. The molecule has 1 aromatic carbocycles. The van der Waals surface area contributed by atoms with E-state index in [1.165, 1.54) is 50.7 Å². The van der Waals surface area contributed by atoms with Gasteiger partial charge in [-0.25, -0.2) is 0 Å². The summed E-state index contributed by atoms with van der Waals surface area (Å²) >= 11 is 0. The number of phenols is 1. The highest BCUT2D eigenvalue weighted by atomic mass is 16.3. The zero-order valence-corrected chi connectivity index (χ0v) is 13.2. The van der Waals surface area contributed by atoms with Crippen LogP contribution in [0.25, 0.3) is 0 Å². The smallest absolute Gasteiger partial charge is 0.179 e. The monoisotopic (exact) mass is 291 g/mol. The van der Waals surface area contributed by atoms with Crippen molar-refractivity contribution in [2.24, 2.45) is 5.73 Å². The van der Waals surface area contributed by atoms with Crippen LogP contribution in [-0.4, -0.2) is 16.9 Å². The summed E-state index contributed by atoms with van der Waals surface area (Å²) in [5.74, 6) is 0.140. The van der Waals surface area contributed by atoms with Crippen molar-refractivity contribution in [2.75, 3.05) is 0 Å². The first-order valence-electron chi connectivity index (χ1n) is 8.24. The molecule has 0 aromatic heterocycles. The van der Waals surface area contributed by atoms with E-state index < -0.39 is 6.04 Å². The van der Waals surface area contributed by atoms with Gasteiger partial charge in [-0.3, -0.25) is 4.79 Å². The Hall–Kier alpha value is -1.35. The lowest BCUT2D eigenvalue weighted by molar-refractivity contribution is 0.0956. The second-order valence-corrected chi connectivity index (χ2v) is 5.78. The van der Waals surface area contributed by atoms with Crippen molar-refractivity contribution in [3.63, 3.8) is 0 Å². The molecule has 0 bridgehead atoms. The Bertz CT molecular complexity index is 400. The quantitative estimate of drug-likeness (QED) is 0.468. The molecule has 0 saturated heterocycles. The van der Waals surface area contributed by atoms with Crippen molar-refractivity contribution in [1.82, 2.24) is 0 Å². The molecule has 0 spiro atoms. The molecule has 1 unspecified atom stereocenters. The van der Waals surface area contributed by atoms with Crippen LogP contribution in [-0.2, 0) is 0 Å². The molecule has 0 aliphatic carbocycles. The lowest BCUT2D eigenvalue weighted by atomic mass is 9.99. The van der Waals surface area contributed by atoms with Gasteiger partial charge in [0.1, 0.15) is 5.75 Å². The Morgan fingerprint density at radius 1 is 1.00 bits per heavy atom. The number of nitrogens with two attached hydrogens (primary N) is 1. The number of aromatic hydroxyl groups is 1. The molecule has 0 aliphatic heterocycles. The molecular formula is C18H29NO2. The maximum absolute atomic E-state index is 12.1. The lowest BCUT2D eigenvalue weighted by Crippen LogP contribution is -2.30. The molecule has 3 heteroatoms. The predicted octanol–water partition coefficient (Wildman–Crippen LogP) is 4.43. The Morgan fingerprint density at radius 2 is 1.52 bits per heavy atom. The number of hydrogen-bond acceptors (Lipinski definition) is 3. The van der Waals surface area contributed by atoms with E-state index >= 15 is 0 Å². The first-order chi connectivity index (χ1) is 10.1. The van der Waals surface area contributed by atoms with Gasteiger partial charge in [0, 0.05) is 5.56 Å². The van der Waals surface area contributed by atoms with E-state index in [0.717, 1.165) is 19.3 Å². The highest BCUT2D eigenvalue weighted by Gasteiger charge is 2.14. The van der Waals surface area contributed by atoms with Crippen molar-refractivity contribution in [3.8, 4) is 5.75 Å². The van der Waals surface area contributed by atoms with Gasteiger partial charge in [0.15, 0.2) is 5.78 Å². The van der Waals surface area contributed by atoms with Crippen LogP contribution in [0.2, 0.25) is 0 Å². The summed E-state index contributed by atoms with van der Waals surface area (Å²) in [7, 11) is 0. The fourth-order valence-electron chi connectivity index (χ4n) is 2.47. The van der Waals surface area contributed by atoms with Gasteiger partial charge in [0.05, 0.1) is 6.04 Å². The van der Waals surface area contributed by atoms with E-state index in [1.54, 1.807) is 12.1 Å². The van der Waals surface area contributed by atoms with E-state index in [4.69, 9.17) is 5.73 Å². The highest BCUT2D eigenvalue weighted by Crippen LogP contribution is 2.14. The van der Waals surface area contributed by atoms with Crippen LogP contribution in [0.1, 0.15) is 75.1 Å². The Balaban J connectivity index is 2.14. The number of phenolic OH excluding ortho intramolecular Hbond substituents is 1. The third-order valence-electron chi connectivity index (χ3n) is 3.86. The average molecular weight is 291 g/mol. The average Bonchev–Trinajstić information content (AvgIpc) is 2.49. The summed E-state index contributed by atoms with van der Waals surface area (Å²) in [6.45, 7) is 2.23. The zero-order chi connectivity index (χ0) is 15.5. The van der Waals surface area contributed by atoms with Crippen LogP contribution in [0.4, 0.5) is 0 Å². The minimum absolute atomic E-state index is 0.0297. The second-order valence-electron chi connectivity index (χ2n) is 5.78. The van der Waals surface area contributed by atoms with Crippen LogP contribution in [0, 0.1) is 0 Å². The van der Waals surface area contributed by atoms with Gasteiger partial charge in [-0.2, -0.15) is 0 Å². The Morgan fingerprint density at radius 3 is 2.10 bits per heavy atom. The van der Waals surface area contributed by atoms with E-state index in [-0.39, 0.29) is 11.5 Å². The van der Waals surface area contributed by atoms with Gasteiger partial charge in [0.2, 0.25) is 0 Å². The normalized spacial score (nSPS) is 12.3. The molecule has 0 aliphatic rings. The minimum Gasteiger partial charge on any atom is -0.508 e. The standard InChI is InChI=1S/C18H29NO2/c1-2-3-4-5-6-7-8-9-10-17(19)18(21)15-11-13-16(20)14-12-15/h11-14,17,20H,2-10,19H2,1H3. The first-order valence-corrected chi connectivity index (χ1v) is 8.24. The summed E-state index contributed by atoms with van der Waals surface area (Å²) in [5.41, 5.74) is 6.54. The van der Waals surface area contributed by atoms with E-state index in [1.807, 2.05) is 0 Å². The molecule has 21 heavy (non-hydrogen) atoms. The maximum atomic E-state index is 12.1. The van der Waals surface area contributed by atoms with E-state index in [2.05, 4.69) is 6.92 Å². The van der Waals surface area contributed by atoms with Crippen molar-refractivity contribution >= 4 is 5.78 Å². The van der Waals surface area contributed by atoms with E-state index in [0.29, 0.717) is 5.56 Å². The maximum Gasteiger partial charge on any atom is 0.179 e. The number of rotatable bonds is 11. The van der Waals surface area contributed by atoms with Crippen LogP contribution in [0.3, 0.4) is 0 Å².